The van der Waals surface area contributed by atoms with Crippen LogP contribution in [-0.4, -0.2) is 34.8 Å². The van der Waals surface area contributed by atoms with E-state index in [1.165, 1.54) is 6.08 Å². The lowest BCUT2D eigenvalue weighted by atomic mass is 10.2. The molecule has 5 heteroatoms. The van der Waals surface area contributed by atoms with E-state index in [1.807, 2.05) is 30.3 Å². The molecule has 0 aliphatic heterocycles. The monoisotopic (exact) mass is 317 g/mol. The van der Waals surface area contributed by atoms with Crippen molar-refractivity contribution in [1.82, 2.24) is 4.90 Å². The normalized spacial score (nSPS) is 11.3. The van der Waals surface area contributed by atoms with Crippen molar-refractivity contribution in [3.05, 3.63) is 42.0 Å². The Morgan fingerprint density at radius 3 is 2.26 bits per heavy atom. The lowest BCUT2D eigenvalue weighted by Gasteiger charge is -2.23. The number of rotatable bonds is 5. The molecule has 0 atom stereocenters. The van der Waals surface area contributed by atoms with Crippen molar-refractivity contribution < 1.29 is 19.1 Å². The first kappa shape index (κ1) is 18.6. The van der Waals surface area contributed by atoms with Gasteiger partial charge in [0.15, 0.2) is 0 Å². The van der Waals surface area contributed by atoms with Gasteiger partial charge in [-0.2, -0.15) is 0 Å². The number of nitrogens with zero attached hydrogens (tertiary/aromatic N) is 1. The molecule has 23 heavy (non-hydrogen) atoms. The van der Waals surface area contributed by atoms with Crippen LogP contribution in [0.25, 0.3) is 6.08 Å². The zero-order valence-corrected chi connectivity index (χ0v) is 14.0. The van der Waals surface area contributed by atoms with Crippen molar-refractivity contribution in [3.63, 3.8) is 0 Å². The van der Waals surface area contributed by atoms with Gasteiger partial charge in [0.25, 0.3) is 5.91 Å². The van der Waals surface area contributed by atoms with Gasteiger partial charge in [-0.05, 0) is 32.4 Å². The summed E-state index contributed by atoms with van der Waals surface area (Å²) < 4.78 is 5.17. The molecular formula is C18H23NO4. The third-order valence-corrected chi connectivity index (χ3v) is 2.79. The number of carbonyl (C=O) groups excluding carboxylic acids is 3. The average molecular weight is 317 g/mol. The highest BCUT2D eigenvalue weighted by atomic mass is 16.6. The van der Waals surface area contributed by atoms with Gasteiger partial charge in [-0.25, -0.2) is 0 Å². The lowest BCUT2D eigenvalue weighted by molar-refractivity contribution is -0.161. The molecule has 0 radical (unpaired) electrons. The van der Waals surface area contributed by atoms with Crippen molar-refractivity contribution in [2.75, 3.05) is 6.54 Å². The van der Waals surface area contributed by atoms with E-state index in [1.54, 1.807) is 33.8 Å². The molecule has 1 aromatic carbocycles. The summed E-state index contributed by atoms with van der Waals surface area (Å²) in [5, 5.41) is 0. The number of imide groups is 1. The Labute approximate surface area is 136 Å². The zero-order chi connectivity index (χ0) is 17.5. The summed E-state index contributed by atoms with van der Waals surface area (Å²) >= 11 is 0. The molecule has 0 aliphatic rings. The van der Waals surface area contributed by atoms with E-state index < -0.39 is 23.4 Å². The maximum atomic E-state index is 12.2. The highest BCUT2D eigenvalue weighted by Crippen LogP contribution is 2.09. The minimum Gasteiger partial charge on any atom is -0.459 e. The quantitative estimate of drug-likeness (QED) is 0.619. The molecule has 5 nitrogen and oxygen atoms in total. The average Bonchev–Trinajstić information content (AvgIpc) is 2.49. The van der Waals surface area contributed by atoms with E-state index in [-0.39, 0.29) is 13.0 Å². The van der Waals surface area contributed by atoms with E-state index in [2.05, 4.69) is 0 Å². The predicted molar refractivity (Wildman–Crippen MR) is 88.3 cm³/mol. The van der Waals surface area contributed by atoms with Crippen LogP contribution in [0.15, 0.2) is 36.4 Å². The van der Waals surface area contributed by atoms with Gasteiger partial charge in [-0.1, -0.05) is 37.3 Å². The third-order valence-electron chi connectivity index (χ3n) is 2.79. The Morgan fingerprint density at radius 2 is 1.74 bits per heavy atom. The second kappa shape index (κ2) is 8.27. The van der Waals surface area contributed by atoms with Gasteiger partial charge in [-0.3, -0.25) is 19.3 Å². The van der Waals surface area contributed by atoms with Crippen LogP contribution in [0.2, 0.25) is 0 Å². The second-order valence-corrected chi connectivity index (χ2v) is 6.00. The molecule has 0 N–H and O–H groups in total. The molecule has 0 aliphatic carbocycles. The Kier molecular flexibility index (Phi) is 6.69. The molecule has 124 valence electrons. The van der Waals surface area contributed by atoms with Crippen LogP contribution >= 0.6 is 0 Å². The lowest BCUT2D eigenvalue weighted by Crippen LogP contribution is -2.41. The van der Waals surface area contributed by atoms with Crippen LogP contribution in [0, 0.1) is 0 Å². The van der Waals surface area contributed by atoms with Gasteiger partial charge in [-0.15, -0.1) is 0 Å². The van der Waals surface area contributed by atoms with Crippen LogP contribution in [0.3, 0.4) is 0 Å². The van der Waals surface area contributed by atoms with Crippen molar-refractivity contribution in [2.24, 2.45) is 0 Å². The van der Waals surface area contributed by atoms with Gasteiger partial charge in [0, 0.05) is 12.5 Å². The van der Waals surface area contributed by atoms with Crippen molar-refractivity contribution in [1.29, 1.82) is 0 Å². The number of hydrogen-bond donors (Lipinski definition) is 0. The summed E-state index contributed by atoms with van der Waals surface area (Å²) in [6, 6.07) is 9.24. The van der Waals surface area contributed by atoms with Crippen LogP contribution < -0.4 is 0 Å². The Bertz CT molecular complexity index is 585. The number of benzene rings is 1. The molecule has 0 saturated carbocycles. The fourth-order valence-electron chi connectivity index (χ4n) is 1.80. The third kappa shape index (κ3) is 6.91. The summed E-state index contributed by atoms with van der Waals surface area (Å²) in [6.07, 6.45) is 3.02. The fraction of sp³-hybridized carbons (Fsp3) is 0.389. The summed E-state index contributed by atoms with van der Waals surface area (Å²) in [6.45, 7) is 6.44. The number of hydrogen-bond acceptors (Lipinski definition) is 4. The van der Waals surface area contributed by atoms with Crippen molar-refractivity contribution >= 4 is 23.9 Å². The number of esters is 1. The number of carbonyl (C=O) groups is 3. The molecule has 2 amide bonds. The molecule has 1 aromatic rings. The Hall–Kier alpha value is -2.43. The molecule has 1 rings (SSSR count). The second-order valence-electron chi connectivity index (χ2n) is 6.00. The zero-order valence-electron chi connectivity index (χ0n) is 14.0. The number of amides is 2. The first-order chi connectivity index (χ1) is 10.7. The molecule has 0 fully saturated rings. The first-order valence-corrected chi connectivity index (χ1v) is 7.52. The number of ether oxygens (including phenoxy) is 1. The van der Waals surface area contributed by atoms with E-state index in [9.17, 15) is 14.4 Å². The largest absolute Gasteiger partial charge is 0.459 e. The molecular weight excluding hydrogens is 294 g/mol. The maximum Gasteiger partial charge on any atom is 0.326 e. The smallest absolute Gasteiger partial charge is 0.326 e. The molecule has 0 unspecified atom stereocenters. The van der Waals surface area contributed by atoms with E-state index in [0.29, 0.717) is 0 Å². The summed E-state index contributed by atoms with van der Waals surface area (Å²) in [5.41, 5.74) is 0.169. The molecule has 0 heterocycles. The highest BCUT2D eigenvalue weighted by Gasteiger charge is 2.24. The van der Waals surface area contributed by atoms with Gasteiger partial charge in [0.2, 0.25) is 5.91 Å². The summed E-state index contributed by atoms with van der Waals surface area (Å²) in [7, 11) is 0. The van der Waals surface area contributed by atoms with Crippen LogP contribution in [0.1, 0.15) is 39.7 Å². The van der Waals surface area contributed by atoms with Gasteiger partial charge < -0.3 is 4.74 Å². The predicted octanol–water partition coefficient (Wildman–Crippen LogP) is 2.81. The maximum absolute atomic E-state index is 12.2. The summed E-state index contributed by atoms with van der Waals surface area (Å²) in [4.78, 5) is 36.9. The van der Waals surface area contributed by atoms with Crippen molar-refractivity contribution in [2.45, 2.75) is 39.7 Å². The van der Waals surface area contributed by atoms with Crippen LogP contribution in [-0.2, 0) is 19.1 Å². The van der Waals surface area contributed by atoms with E-state index in [0.717, 1.165) is 10.5 Å². The SMILES string of the molecule is CCC(=O)N(CC(=O)OC(C)(C)C)C(=O)C=Cc1ccccc1. The van der Waals surface area contributed by atoms with Gasteiger partial charge >= 0.3 is 5.97 Å². The van der Waals surface area contributed by atoms with Crippen LogP contribution in [0.5, 0.6) is 0 Å². The first-order valence-electron chi connectivity index (χ1n) is 7.52. The van der Waals surface area contributed by atoms with Crippen molar-refractivity contribution in [3.8, 4) is 0 Å². The van der Waals surface area contributed by atoms with Gasteiger partial charge in [0.05, 0.1) is 0 Å². The Balaban J connectivity index is 2.81. The highest BCUT2D eigenvalue weighted by molar-refractivity contribution is 6.04. The van der Waals surface area contributed by atoms with Gasteiger partial charge in [0.1, 0.15) is 12.1 Å². The van der Waals surface area contributed by atoms with E-state index >= 15 is 0 Å². The molecule has 0 aromatic heterocycles. The summed E-state index contributed by atoms with van der Waals surface area (Å²) in [5.74, 6) is -1.56. The van der Waals surface area contributed by atoms with E-state index in [4.69, 9.17) is 4.74 Å². The minimum absolute atomic E-state index is 0.133. The molecule has 0 saturated heterocycles. The minimum atomic E-state index is -0.666. The molecule has 0 spiro atoms. The standard InChI is InChI=1S/C18H23NO4/c1-5-15(20)19(13-17(22)23-18(2,3)4)16(21)12-11-14-9-7-6-8-10-14/h6-12H,5,13H2,1-4H3. The fourth-order valence-corrected chi connectivity index (χ4v) is 1.80. The molecule has 0 bridgehead atoms. The van der Waals surface area contributed by atoms with Crippen LogP contribution in [0.4, 0.5) is 0 Å². The topological polar surface area (TPSA) is 63.7 Å². The Morgan fingerprint density at radius 1 is 1.13 bits per heavy atom.